The molecule has 0 bridgehead atoms. The van der Waals surface area contributed by atoms with E-state index < -0.39 is 24.7 Å². The number of nitrogens with zero attached hydrogens (tertiary/aromatic N) is 2. The molecule has 0 aliphatic heterocycles. The van der Waals surface area contributed by atoms with Gasteiger partial charge in [0.05, 0.1) is 12.1 Å². The van der Waals surface area contributed by atoms with Gasteiger partial charge in [-0.05, 0) is 0 Å². The number of aromatic nitrogens is 2. The molecule has 1 aromatic heterocycles. The summed E-state index contributed by atoms with van der Waals surface area (Å²) in [4.78, 5) is 18.3. The highest BCUT2D eigenvalue weighted by Crippen LogP contribution is 2.19. The van der Waals surface area contributed by atoms with E-state index in [0.717, 1.165) is 12.4 Å². The third kappa shape index (κ3) is 3.46. The van der Waals surface area contributed by atoms with Crippen molar-refractivity contribution in [3.63, 3.8) is 0 Å². The Morgan fingerprint density at radius 1 is 1.44 bits per heavy atom. The number of carbonyl (C=O) groups excluding carboxylic acids is 1. The molecule has 1 rings (SSSR count). The molecule has 5 nitrogen and oxygen atoms in total. The van der Waals surface area contributed by atoms with Crippen LogP contribution < -0.4 is 5.32 Å². The molecule has 16 heavy (non-hydrogen) atoms. The van der Waals surface area contributed by atoms with Crippen molar-refractivity contribution in [3.05, 3.63) is 24.3 Å². The fourth-order valence-electron chi connectivity index (χ4n) is 0.824. The zero-order valence-electron chi connectivity index (χ0n) is 7.90. The monoisotopic (exact) mass is 235 g/mol. The Bertz CT molecular complexity index is 355. The van der Waals surface area contributed by atoms with E-state index in [0.29, 0.717) is 0 Å². The minimum absolute atomic E-state index is 0.0249. The molecule has 0 radical (unpaired) electrons. The maximum Gasteiger partial charge on any atom is 0.416 e. The van der Waals surface area contributed by atoms with E-state index in [1.807, 2.05) is 5.32 Å². The van der Waals surface area contributed by atoms with Crippen molar-refractivity contribution in [1.82, 2.24) is 15.3 Å². The van der Waals surface area contributed by atoms with Gasteiger partial charge in [0.1, 0.15) is 6.33 Å². The molecule has 1 heterocycles. The van der Waals surface area contributed by atoms with Gasteiger partial charge in [0, 0.05) is 12.4 Å². The molecule has 0 aliphatic carbocycles. The number of hydrogen-bond donors (Lipinski definition) is 2. The van der Waals surface area contributed by atoms with E-state index in [9.17, 15) is 18.0 Å². The van der Waals surface area contributed by atoms with Crippen molar-refractivity contribution in [2.45, 2.75) is 12.3 Å². The van der Waals surface area contributed by atoms with Gasteiger partial charge < -0.3 is 10.4 Å². The van der Waals surface area contributed by atoms with E-state index in [2.05, 4.69) is 9.97 Å². The number of hydrogen-bond acceptors (Lipinski definition) is 4. The topological polar surface area (TPSA) is 75.1 Å². The third-order valence-corrected chi connectivity index (χ3v) is 1.66. The molecule has 1 unspecified atom stereocenters. The Kier molecular flexibility index (Phi) is 3.78. The van der Waals surface area contributed by atoms with Crippen molar-refractivity contribution >= 4 is 5.91 Å². The molecule has 2 N–H and O–H groups in total. The molecular weight excluding hydrogens is 227 g/mol. The van der Waals surface area contributed by atoms with E-state index in [-0.39, 0.29) is 5.56 Å². The molecule has 8 heteroatoms. The predicted molar refractivity (Wildman–Crippen MR) is 46.4 cm³/mol. The van der Waals surface area contributed by atoms with Crippen molar-refractivity contribution in [3.8, 4) is 0 Å². The fourth-order valence-corrected chi connectivity index (χ4v) is 0.824. The maximum absolute atomic E-state index is 11.9. The number of carbonyl (C=O) groups is 1. The van der Waals surface area contributed by atoms with Crippen LogP contribution in [0, 0.1) is 0 Å². The summed E-state index contributed by atoms with van der Waals surface area (Å²) in [5.74, 6) is -0.774. The number of amides is 1. The summed E-state index contributed by atoms with van der Waals surface area (Å²) in [5.41, 5.74) is 0.0249. The average Bonchev–Trinajstić information content (AvgIpc) is 2.25. The fraction of sp³-hybridized carbons (Fsp3) is 0.375. The Morgan fingerprint density at radius 3 is 2.50 bits per heavy atom. The normalized spacial score (nSPS) is 13.2. The van der Waals surface area contributed by atoms with Crippen LogP contribution in [0.15, 0.2) is 18.7 Å². The Balaban J connectivity index is 2.48. The average molecular weight is 235 g/mol. The third-order valence-electron chi connectivity index (χ3n) is 1.66. The molecule has 1 aromatic rings. The first-order chi connectivity index (χ1) is 7.41. The molecule has 0 aliphatic rings. The van der Waals surface area contributed by atoms with Crippen LogP contribution in [0.4, 0.5) is 13.2 Å². The smallest absolute Gasteiger partial charge is 0.382 e. The van der Waals surface area contributed by atoms with E-state index >= 15 is 0 Å². The summed E-state index contributed by atoms with van der Waals surface area (Å²) in [5, 5.41) is 10.5. The first-order valence-corrected chi connectivity index (χ1v) is 4.19. The standard InChI is InChI=1S/C8H8F3N3O2/c9-8(10,11)6(15)3-14-7(16)5-1-12-4-13-2-5/h1-2,4,6,15H,3H2,(H,14,16). The number of rotatable bonds is 3. The summed E-state index contributed by atoms with van der Waals surface area (Å²) < 4.78 is 35.6. The minimum Gasteiger partial charge on any atom is -0.382 e. The van der Waals surface area contributed by atoms with Crippen LogP contribution in [0.25, 0.3) is 0 Å². The number of aliphatic hydroxyl groups excluding tert-OH is 1. The first kappa shape index (κ1) is 12.4. The van der Waals surface area contributed by atoms with Gasteiger partial charge in [0.2, 0.25) is 0 Å². The van der Waals surface area contributed by atoms with Gasteiger partial charge in [-0.2, -0.15) is 13.2 Å². The molecule has 0 spiro atoms. The van der Waals surface area contributed by atoms with Gasteiger partial charge >= 0.3 is 6.18 Å². The van der Waals surface area contributed by atoms with Gasteiger partial charge in [0.15, 0.2) is 6.10 Å². The molecular formula is C8H8F3N3O2. The highest BCUT2D eigenvalue weighted by Gasteiger charge is 2.38. The SMILES string of the molecule is O=C(NCC(O)C(F)(F)F)c1cncnc1. The summed E-state index contributed by atoms with van der Waals surface area (Å²) >= 11 is 0. The van der Waals surface area contributed by atoms with Crippen LogP contribution in [0.1, 0.15) is 10.4 Å². The van der Waals surface area contributed by atoms with Gasteiger partial charge in [-0.1, -0.05) is 0 Å². The quantitative estimate of drug-likeness (QED) is 0.780. The van der Waals surface area contributed by atoms with Crippen molar-refractivity contribution in [1.29, 1.82) is 0 Å². The first-order valence-electron chi connectivity index (χ1n) is 4.19. The Labute approximate surface area is 88.3 Å². The molecule has 0 aromatic carbocycles. The highest BCUT2D eigenvalue weighted by atomic mass is 19.4. The second kappa shape index (κ2) is 4.88. The lowest BCUT2D eigenvalue weighted by atomic mass is 10.3. The lowest BCUT2D eigenvalue weighted by Crippen LogP contribution is -2.40. The largest absolute Gasteiger partial charge is 0.416 e. The summed E-state index contributed by atoms with van der Waals surface area (Å²) in [6.45, 7) is -0.906. The molecule has 0 saturated heterocycles. The number of nitrogens with one attached hydrogen (secondary N) is 1. The highest BCUT2D eigenvalue weighted by molar-refractivity contribution is 5.93. The van der Waals surface area contributed by atoms with Crippen LogP contribution >= 0.6 is 0 Å². The van der Waals surface area contributed by atoms with Gasteiger partial charge in [-0.25, -0.2) is 9.97 Å². The van der Waals surface area contributed by atoms with E-state index in [1.165, 1.54) is 6.33 Å². The van der Waals surface area contributed by atoms with Crippen LogP contribution in [0.2, 0.25) is 0 Å². The number of aliphatic hydroxyl groups is 1. The minimum atomic E-state index is -4.75. The van der Waals surface area contributed by atoms with Crippen LogP contribution in [0.3, 0.4) is 0 Å². The predicted octanol–water partition coefficient (Wildman–Crippen LogP) is 0.130. The Morgan fingerprint density at radius 2 is 2.00 bits per heavy atom. The van der Waals surface area contributed by atoms with Crippen molar-refractivity contribution in [2.24, 2.45) is 0 Å². The summed E-state index contributed by atoms with van der Waals surface area (Å²) in [7, 11) is 0. The second-order valence-corrected chi connectivity index (χ2v) is 2.89. The molecule has 88 valence electrons. The van der Waals surface area contributed by atoms with Crippen molar-refractivity contribution < 1.29 is 23.1 Å². The number of alkyl halides is 3. The molecule has 1 amide bonds. The molecule has 1 atom stereocenters. The summed E-state index contributed by atoms with van der Waals surface area (Å²) in [6, 6.07) is 0. The maximum atomic E-state index is 11.9. The van der Waals surface area contributed by atoms with Crippen LogP contribution in [-0.2, 0) is 0 Å². The zero-order valence-corrected chi connectivity index (χ0v) is 7.90. The van der Waals surface area contributed by atoms with Gasteiger partial charge in [-0.3, -0.25) is 4.79 Å². The Hall–Kier alpha value is -1.70. The summed E-state index contributed by atoms with van der Waals surface area (Å²) in [6.07, 6.45) is -3.84. The van der Waals surface area contributed by atoms with E-state index in [4.69, 9.17) is 5.11 Å². The molecule has 0 saturated carbocycles. The lowest BCUT2D eigenvalue weighted by molar-refractivity contribution is -0.201. The molecule has 0 fully saturated rings. The second-order valence-electron chi connectivity index (χ2n) is 2.89. The van der Waals surface area contributed by atoms with Crippen LogP contribution in [0.5, 0.6) is 0 Å². The van der Waals surface area contributed by atoms with Crippen molar-refractivity contribution in [2.75, 3.05) is 6.54 Å². The van der Waals surface area contributed by atoms with Crippen LogP contribution in [-0.4, -0.2) is 39.8 Å². The number of halogens is 3. The van der Waals surface area contributed by atoms with Gasteiger partial charge in [-0.15, -0.1) is 0 Å². The van der Waals surface area contributed by atoms with Gasteiger partial charge in [0.25, 0.3) is 5.91 Å². The lowest BCUT2D eigenvalue weighted by Gasteiger charge is -2.14. The van der Waals surface area contributed by atoms with E-state index in [1.54, 1.807) is 0 Å². The zero-order chi connectivity index (χ0) is 12.2.